The van der Waals surface area contributed by atoms with Gasteiger partial charge < -0.3 is 10.1 Å². The molecule has 0 saturated carbocycles. The number of allylic oxidation sites excluding steroid dienone is 1. The van der Waals surface area contributed by atoms with Crippen LogP contribution in [0.2, 0.25) is 10.0 Å². The Bertz CT molecular complexity index is 967. The molecular formula is C18H14Cl2N4O. The van der Waals surface area contributed by atoms with Gasteiger partial charge in [0.05, 0.1) is 17.2 Å². The zero-order chi connectivity index (χ0) is 17.4. The van der Waals surface area contributed by atoms with E-state index < -0.39 is 0 Å². The van der Waals surface area contributed by atoms with Crippen molar-refractivity contribution in [3.05, 3.63) is 76.0 Å². The van der Waals surface area contributed by atoms with E-state index in [1.807, 2.05) is 42.5 Å². The second-order valence-electron chi connectivity index (χ2n) is 5.55. The summed E-state index contributed by atoms with van der Waals surface area (Å²) in [6.45, 7) is 0. The lowest BCUT2D eigenvalue weighted by atomic mass is 10.0. The third kappa shape index (κ3) is 2.86. The summed E-state index contributed by atoms with van der Waals surface area (Å²) < 4.78 is 7.10. The number of anilines is 1. The summed E-state index contributed by atoms with van der Waals surface area (Å²) in [5.41, 5.74) is 2.75. The van der Waals surface area contributed by atoms with Crippen LogP contribution in [-0.4, -0.2) is 21.9 Å². The number of halogens is 2. The Hall–Kier alpha value is -2.50. The predicted molar refractivity (Wildman–Crippen MR) is 99.2 cm³/mol. The smallest absolute Gasteiger partial charge is 0.226 e. The van der Waals surface area contributed by atoms with E-state index in [0.29, 0.717) is 16.0 Å². The monoisotopic (exact) mass is 372 g/mol. The molecule has 0 fully saturated rings. The van der Waals surface area contributed by atoms with Crippen LogP contribution in [0.5, 0.6) is 5.75 Å². The molecule has 0 unspecified atom stereocenters. The highest BCUT2D eigenvalue weighted by molar-refractivity contribution is 6.42. The minimum absolute atomic E-state index is 0.217. The van der Waals surface area contributed by atoms with Crippen molar-refractivity contribution in [1.82, 2.24) is 14.8 Å². The number of nitrogens with one attached hydrogen (secondary N) is 1. The van der Waals surface area contributed by atoms with Crippen LogP contribution in [0, 0.1) is 0 Å². The average molecular weight is 373 g/mol. The highest BCUT2D eigenvalue weighted by Crippen LogP contribution is 2.37. The second-order valence-corrected chi connectivity index (χ2v) is 6.34. The fourth-order valence-corrected chi connectivity index (χ4v) is 3.28. The molecular weight excluding hydrogens is 359 g/mol. The van der Waals surface area contributed by atoms with Crippen LogP contribution in [-0.2, 0) is 0 Å². The fraction of sp³-hybridized carbons (Fsp3) is 0.111. The molecule has 7 heteroatoms. The van der Waals surface area contributed by atoms with Crippen molar-refractivity contribution >= 4 is 34.8 Å². The maximum Gasteiger partial charge on any atom is 0.226 e. The number of methoxy groups -OCH3 is 1. The van der Waals surface area contributed by atoms with Gasteiger partial charge in [-0.1, -0.05) is 47.5 Å². The van der Waals surface area contributed by atoms with Crippen LogP contribution in [0.3, 0.4) is 0 Å². The fourth-order valence-electron chi connectivity index (χ4n) is 2.86. The second kappa shape index (κ2) is 6.43. The largest absolute Gasteiger partial charge is 0.497 e. The summed E-state index contributed by atoms with van der Waals surface area (Å²) in [6.07, 6.45) is 3.56. The van der Waals surface area contributed by atoms with Gasteiger partial charge in [0.1, 0.15) is 18.1 Å². The Labute approximate surface area is 154 Å². The molecule has 0 spiro atoms. The number of hydrogen-bond donors (Lipinski definition) is 1. The SMILES string of the molecule is COc1cccc(C2=C[C@@H](c3cccc(Cl)c3Cl)n3ncnc3N2)c1. The van der Waals surface area contributed by atoms with Gasteiger partial charge in [-0.15, -0.1) is 0 Å². The maximum absolute atomic E-state index is 6.44. The Morgan fingerprint density at radius 1 is 1.16 bits per heavy atom. The average Bonchev–Trinajstić information content (AvgIpc) is 3.12. The van der Waals surface area contributed by atoms with Crippen molar-refractivity contribution in [1.29, 1.82) is 0 Å². The first kappa shape index (κ1) is 16.0. The summed E-state index contributed by atoms with van der Waals surface area (Å²) >= 11 is 12.6. The van der Waals surface area contributed by atoms with Crippen LogP contribution in [0.1, 0.15) is 17.2 Å². The van der Waals surface area contributed by atoms with Crippen molar-refractivity contribution in [2.24, 2.45) is 0 Å². The van der Waals surface area contributed by atoms with Gasteiger partial charge in [0, 0.05) is 16.8 Å². The zero-order valence-corrected chi connectivity index (χ0v) is 14.8. The highest BCUT2D eigenvalue weighted by Gasteiger charge is 2.25. The lowest BCUT2D eigenvalue weighted by molar-refractivity contribution is 0.414. The number of fused-ring (bicyclic) bond motifs is 1. The van der Waals surface area contributed by atoms with Crippen LogP contribution >= 0.6 is 23.2 Å². The van der Waals surface area contributed by atoms with Crippen LogP contribution in [0.25, 0.3) is 5.70 Å². The summed E-state index contributed by atoms with van der Waals surface area (Å²) in [4.78, 5) is 4.30. The van der Waals surface area contributed by atoms with Crippen LogP contribution < -0.4 is 10.1 Å². The predicted octanol–water partition coefficient (Wildman–Crippen LogP) is 4.65. The highest BCUT2D eigenvalue weighted by atomic mass is 35.5. The van der Waals surface area contributed by atoms with Crippen molar-refractivity contribution in [3.8, 4) is 5.75 Å². The molecule has 1 N–H and O–H groups in total. The Kier molecular flexibility index (Phi) is 4.11. The number of nitrogens with zero attached hydrogens (tertiary/aromatic N) is 3. The number of benzene rings is 2. The van der Waals surface area contributed by atoms with Crippen LogP contribution in [0.4, 0.5) is 5.95 Å². The Balaban J connectivity index is 1.85. The number of ether oxygens (including phenoxy) is 1. The van der Waals surface area contributed by atoms with Gasteiger partial charge >= 0.3 is 0 Å². The van der Waals surface area contributed by atoms with Gasteiger partial charge in [0.15, 0.2) is 0 Å². The molecule has 2 heterocycles. The topological polar surface area (TPSA) is 52.0 Å². The molecule has 1 aliphatic rings. The normalized spacial score (nSPS) is 16.0. The van der Waals surface area contributed by atoms with Gasteiger partial charge in [-0.25, -0.2) is 4.68 Å². The molecule has 0 bridgehead atoms. The van der Waals surface area contributed by atoms with E-state index >= 15 is 0 Å². The standard InChI is InChI=1S/C18H14Cl2N4O/c1-25-12-5-2-4-11(8-12)15-9-16(24-18(23-15)21-10-22-24)13-6-3-7-14(19)17(13)20/h2-10,16H,1H3,(H,21,22,23)/t16-/m0/s1. The molecule has 2 aromatic carbocycles. The number of hydrogen-bond acceptors (Lipinski definition) is 4. The first-order valence-electron chi connectivity index (χ1n) is 7.64. The van der Waals surface area contributed by atoms with Crippen molar-refractivity contribution < 1.29 is 4.74 Å². The van der Waals surface area contributed by atoms with Crippen molar-refractivity contribution in [2.45, 2.75) is 6.04 Å². The molecule has 1 atom stereocenters. The van der Waals surface area contributed by atoms with Crippen LogP contribution in [0.15, 0.2) is 54.9 Å². The number of aromatic nitrogens is 3. The summed E-state index contributed by atoms with van der Waals surface area (Å²) in [5.74, 6) is 1.42. The molecule has 0 aliphatic carbocycles. The summed E-state index contributed by atoms with van der Waals surface area (Å²) in [5, 5.41) is 8.64. The van der Waals surface area contributed by atoms with E-state index in [1.54, 1.807) is 17.9 Å². The molecule has 0 saturated heterocycles. The third-order valence-electron chi connectivity index (χ3n) is 4.09. The van der Waals surface area contributed by atoms with Gasteiger partial charge in [0.25, 0.3) is 0 Å². The lowest BCUT2D eigenvalue weighted by Crippen LogP contribution is -2.20. The Morgan fingerprint density at radius 3 is 2.84 bits per heavy atom. The lowest BCUT2D eigenvalue weighted by Gasteiger charge is -2.25. The van der Waals surface area contributed by atoms with Crippen molar-refractivity contribution in [2.75, 3.05) is 12.4 Å². The van der Waals surface area contributed by atoms with E-state index in [4.69, 9.17) is 27.9 Å². The van der Waals surface area contributed by atoms with E-state index in [1.165, 1.54) is 6.33 Å². The Morgan fingerprint density at radius 2 is 2.00 bits per heavy atom. The molecule has 1 aliphatic heterocycles. The van der Waals surface area contributed by atoms with E-state index in [0.717, 1.165) is 22.6 Å². The van der Waals surface area contributed by atoms with Crippen molar-refractivity contribution in [3.63, 3.8) is 0 Å². The van der Waals surface area contributed by atoms with E-state index in [9.17, 15) is 0 Å². The molecule has 126 valence electrons. The van der Waals surface area contributed by atoms with Gasteiger partial charge in [-0.3, -0.25) is 0 Å². The van der Waals surface area contributed by atoms with Gasteiger partial charge in [0.2, 0.25) is 5.95 Å². The molecule has 25 heavy (non-hydrogen) atoms. The first-order valence-corrected chi connectivity index (χ1v) is 8.39. The minimum Gasteiger partial charge on any atom is -0.497 e. The van der Waals surface area contributed by atoms with E-state index in [-0.39, 0.29) is 6.04 Å². The molecule has 3 aromatic rings. The summed E-state index contributed by atoms with van der Waals surface area (Å²) in [7, 11) is 1.65. The maximum atomic E-state index is 6.44. The zero-order valence-electron chi connectivity index (χ0n) is 13.3. The van der Waals surface area contributed by atoms with E-state index in [2.05, 4.69) is 15.4 Å². The van der Waals surface area contributed by atoms with Gasteiger partial charge in [-0.2, -0.15) is 10.1 Å². The molecule has 0 radical (unpaired) electrons. The molecule has 4 rings (SSSR count). The molecule has 5 nitrogen and oxygen atoms in total. The van der Waals surface area contributed by atoms with Gasteiger partial charge in [-0.05, 0) is 24.3 Å². The third-order valence-corrected chi connectivity index (χ3v) is 4.92. The first-order chi connectivity index (χ1) is 12.2. The summed E-state index contributed by atoms with van der Waals surface area (Å²) in [6, 6.07) is 13.2. The molecule has 0 amide bonds. The minimum atomic E-state index is -0.217. The number of rotatable bonds is 3. The quantitative estimate of drug-likeness (QED) is 0.726. The molecule has 1 aromatic heterocycles.